The lowest BCUT2D eigenvalue weighted by molar-refractivity contribution is 0.0793. The Morgan fingerprint density at radius 2 is 1.62 bits per heavy atom. The number of nitrogens with zero attached hydrogens (tertiary/aromatic N) is 1. The second-order valence-electron chi connectivity index (χ2n) is 8.03. The first-order valence-electron chi connectivity index (χ1n) is 9.46. The molecule has 0 aliphatic carbocycles. The topological polar surface area (TPSA) is 15.3 Å². The van der Waals surface area contributed by atoms with Crippen molar-refractivity contribution in [3.05, 3.63) is 0 Å². The molecule has 2 atom stereocenters. The van der Waals surface area contributed by atoms with E-state index in [1.165, 1.54) is 71.0 Å². The number of nitrogens with one attached hydrogen (secondary N) is 1. The predicted molar refractivity (Wildman–Crippen MR) is 94.9 cm³/mol. The minimum atomic E-state index is 0.372. The summed E-state index contributed by atoms with van der Waals surface area (Å²) in [4.78, 5) is 2.79. The smallest absolute Gasteiger partial charge is 0.0244 e. The van der Waals surface area contributed by atoms with Crippen LogP contribution < -0.4 is 5.32 Å². The summed E-state index contributed by atoms with van der Waals surface area (Å²) in [5, 5.41) is 3.80. The minimum Gasteiger partial charge on any atom is -0.311 e. The molecule has 0 bridgehead atoms. The summed E-state index contributed by atoms with van der Waals surface area (Å²) in [5.41, 5.74) is 0.372. The molecule has 0 saturated carbocycles. The number of hydrogen-bond donors (Lipinski definition) is 1. The van der Waals surface area contributed by atoms with Crippen LogP contribution in [0.5, 0.6) is 0 Å². The molecule has 0 amide bonds. The summed E-state index contributed by atoms with van der Waals surface area (Å²) in [6.07, 6.45) is 11.1. The van der Waals surface area contributed by atoms with Gasteiger partial charge in [-0.15, -0.1) is 0 Å². The maximum Gasteiger partial charge on any atom is 0.0244 e. The summed E-state index contributed by atoms with van der Waals surface area (Å²) in [5.74, 6) is 0. The van der Waals surface area contributed by atoms with Gasteiger partial charge in [-0.3, -0.25) is 4.90 Å². The van der Waals surface area contributed by atoms with Gasteiger partial charge in [0.2, 0.25) is 0 Å². The van der Waals surface area contributed by atoms with Crippen LogP contribution in [0.25, 0.3) is 0 Å². The van der Waals surface area contributed by atoms with Gasteiger partial charge in [-0.25, -0.2) is 0 Å². The second kappa shape index (κ2) is 9.84. The lowest BCUT2D eigenvalue weighted by Crippen LogP contribution is -2.60. The van der Waals surface area contributed by atoms with Crippen LogP contribution in [0.4, 0.5) is 0 Å². The van der Waals surface area contributed by atoms with E-state index in [0.29, 0.717) is 11.5 Å². The quantitative estimate of drug-likeness (QED) is 0.613. The average molecular weight is 297 g/mol. The Morgan fingerprint density at radius 1 is 0.952 bits per heavy atom. The molecule has 0 aromatic carbocycles. The highest BCUT2D eigenvalue weighted by molar-refractivity contribution is 4.91. The molecular weight excluding hydrogens is 256 g/mol. The van der Waals surface area contributed by atoms with Gasteiger partial charge >= 0.3 is 0 Å². The predicted octanol–water partition coefficient (Wildman–Crippen LogP) is 4.84. The van der Waals surface area contributed by atoms with Crippen LogP contribution in [0.15, 0.2) is 0 Å². The van der Waals surface area contributed by atoms with Crippen molar-refractivity contribution >= 4 is 0 Å². The second-order valence-corrected chi connectivity index (χ2v) is 8.03. The molecule has 0 aromatic heterocycles. The van der Waals surface area contributed by atoms with E-state index in [9.17, 15) is 0 Å². The monoisotopic (exact) mass is 296 g/mol. The number of hydrogen-bond acceptors (Lipinski definition) is 2. The van der Waals surface area contributed by atoms with Crippen LogP contribution in [0.2, 0.25) is 0 Å². The van der Waals surface area contributed by atoms with Gasteiger partial charge in [-0.05, 0) is 24.8 Å². The molecule has 0 radical (unpaired) electrons. The Hall–Kier alpha value is -0.0800. The van der Waals surface area contributed by atoms with Crippen LogP contribution in [-0.4, -0.2) is 36.6 Å². The van der Waals surface area contributed by atoms with Crippen LogP contribution in [0, 0.1) is 5.41 Å². The summed E-state index contributed by atoms with van der Waals surface area (Å²) in [6.45, 7) is 15.5. The first kappa shape index (κ1) is 19.0. The van der Waals surface area contributed by atoms with E-state index in [1.807, 2.05) is 0 Å². The van der Waals surface area contributed by atoms with Gasteiger partial charge in [-0.2, -0.15) is 0 Å². The van der Waals surface area contributed by atoms with Gasteiger partial charge in [0.1, 0.15) is 0 Å². The molecule has 2 nitrogen and oxygen atoms in total. The van der Waals surface area contributed by atoms with E-state index in [0.717, 1.165) is 6.04 Å². The normalized spacial score (nSPS) is 24.4. The first-order valence-corrected chi connectivity index (χ1v) is 9.46. The molecule has 1 heterocycles. The molecule has 2 heteroatoms. The van der Waals surface area contributed by atoms with Crippen LogP contribution in [-0.2, 0) is 0 Å². The van der Waals surface area contributed by atoms with Crippen molar-refractivity contribution in [3.8, 4) is 0 Å². The molecule has 0 aromatic rings. The zero-order chi connectivity index (χ0) is 15.7. The highest BCUT2D eigenvalue weighted by atomic mass is 15.2. The van der Waals surface area contributed by atoms with Gasteiger partial charge in [-0.1, -0.05) is 73.1 Å². The van der Waals surface area contributed by atoms with Gasteiger partial charge in [0.05, 0.1) is 0 Å². The summed E-state index contributed by atoms with van der Waals surface area (Å²) >= 11 is 0. The molecular formula is C19H40N2. The highest BCUT2D eigenvalue weighted by Gasteiger charge is 2.33. The van der Waals surface area contributed by atoms with Crippen molar-refractivity contribution in [2.24, 2.45) is 5.41 Å². The molecule has 1 aliphatic heterocycles. The summed E-state index contributed by atoms with van der Waals surface area (Å²) in [7, 11) is 0. The van der Waals surface area contributed by atoms with Gasteiger partial charge in [0.15, 0.2) is 0 Å². The number of unbranched alkanes of at least 4 members (excludes halogenated alkanes) is 5. The van der Waals surface area contributed by atoms with Crippen molar-refractivity contribution in [1.29, 1.82) is 0 Å². The van der Waals surface area contributed by atoms with Crippen molar-refractivity contribution in [2.75, 3.05) is 19.6 Å². The first-order chi connectivity index (χ1) is 9.99. The average Bonchev–Trinajstić information content (AvgIpc) is 2.43. The van der Waals surface area contributed by atoms with Crippen molar-refractivity contribution in [3.63, 3.8) is 0 Å². The van der Waals surface area contributed by atoms with E-state index in [2.05, 4.69) is 44.8 Å². The molecule has 1 N–H and O–H groups in total. The van der Waals surface area contributed by atoms with Gasteiger partial charge in [0, 0.05) is 25.2 Å². The maximum atomic E-state index is 3.80. The fraction of sp³-hybridized carbons (Fsp3) is 1.00. The Morgan fingerprint density at radius 3 is 2.24 bits per heavy atom. The minimum absolute atomic E-state index is 0.372. The fourth-order valence-corrected chi connectivity index (χ4v) is 3.42. The Balaban J connectivity index is 2.37. The Kier molecular flexibility index (Phi) is 8.89. The zero-order valence-corrected chi connectivity index (χ0v) is 15.4. The van der Waals surface area contributed by atoms with Crippen molar-refractivity contribution in [2.45, 2.75) is 98.1 Å². The molecule has 1 saturated heterocycles. The number of rotatable bonds is 9. The third-order valence-electron chi connectivity index (χ3n) is 5.00. The van der Waals surface area contributed by atoms with Crippen LogP contribution in [0.3, 0.4) is 0 Å². The maximum absolute atomic E-state index is 3.80. The van der Waals surface area contributed by atoms with Crippen LogP contribution >= 0.6 is 0 Å². The Bertz CT molecular complexity index is 257. The molecule has 1 fully saturated rings. The lowest BCUT2D eigenvalue weighted by atomic mass is 9.84. The van der Waals surface area contributed by atoms with E-state index in [1.54, 1.807) is 0 Å². The lowest BCUT2D eigenvalue weighted by Gasteiger charge is -2.45. The van der Waals surface area contributed by atoms with Crippen molar-refractivity contribution in [1.82, 2.24) is 10.2 Å². The summed E-state index contributed by atoms with van der Waals surface area (Å²) in [6, 6.07) is 1.41. The molecule has 1 aliphatic rings. The SMILES string of the molecule is CCCCCCCCN1CC(C(C)(C)C)NCC1CCC. The third kappa shape index (κ3) is 7.15. The van der Waals surface area contributed by atoms with E-state index in [4.69, 9.17) is 0 Å². The van der Waals surface area contributed by atoms with E-state index >= 15 is 0 Å². The Labute approximate surface area is 134 Å². The molecule has 126 valence electrons. The molecule has 0 spiro atoms. The van der Waals surface area contributed by atoms with Gasteiger partial charge < -0.3 is 5.32 Å². The molecule has 21 heavy (non-hydrogen) atoms. The van der Waals surface area contributed by atoms with Crippen LogP contribution in [0.1, 0.15) is 86.0 Å². The third-order valence-corrected chi connectivity index (χ3v) is 5.00. The molecule has 2 unspecified atom stereocenters. The van der Waals surface area contributed by atoms with E-state index < -0.39 is 0 Å². The zero-order valence-electron chi connectivity index (χ0n) is 15.4. The number of piperazine rings is 1. The standard InChI is InChI=1S/C19H40N2/c1-6-8-9-10-11-12-14-21-16-18(19(3,4)5)20-15-17(21)13-7-2/h17-18,20H,6-16H2,1-5H3. The largest absolute Gasteiger partial charge is 0.311 e. The van der Waals surface area contributed by atoms with Gasteiger partial charge in [0.25, 0.3) is 0 Å². The van der Waals surface area contributed by atoms with Crippen molar-refractivity contribution < 1.29 is 0 Å². The summed E-state index contributed by atoms with van der Waals surface area (Å²) < 4.78 is 0. The van der Waals surface area contributed by atoms with E-state index in [-0.39, 0.29) is 0 Å². The molecule has 1 rings (SSSR count). The highest BCUT2D eigenvalue weighted by Crippen LogP contribution is 2.25. The fourth-order valence-electron chi connectivity index (χ4n) is 3.42.